The van der Waals surface area contributed by atoms with E-state index in [9.17, 15) is 4.79 Å². The smallest absolute Gasteiger partial charge is 0.248 e. The van der Waals surface area contributed by atoms with E-state index < -0.39 is 0 Å². The lowest BCUT2D eigenvalue weighted by molar-refractivity contribution is -0.111. The van der Waals surface area contributed by atoms with Crippen molar-refractivity contribution in [2.24, 2.45) is 0 Å². The fraction of sp³-hybridized carbons (Fsp3) is 0.333. The summed E-state index contributed by atoms with van der Waals surface area (Å²) in [5, 5.41) is 5.89. The molecule has 0 aromatic carbocycles. The minimum absolute atomic E-state index is 0.259. The summed E-state index contributed by atoms with van der Waals surface area (Å²) < 4.78 is 0. The molecule has 0 aliphatic rings. The highest BCUT2D eigenvalue weighted by atomic mass is 16.1. The summed E-state index contributed by atoms with van der Waals surface area (Å²) in [6.07, 6.45) is 1.23. The largest absolute Gasteiger partial charge is 0.380 e. The van der Waals surface area contributed by atoms with Crippen LogP contribution in [0.15, 0.2) is 24.8 Å². The maximum atomic E-state index is 11.2. The van der Waals surface area contributed by atoms with Crippen molar-refractivity contribution in [1.82, 2.24) is 4.98 Å². The normalized spacial score (nSPS) is 10.0. The number of carbonyl (C=O) groups is 1. The molecule has 0 spiro atoms. The number of rotatable bonds is 4. The lowest BCUT2D eigenvalue weighted by Gasteiger charge is -2.14. The molecule has 4 nitrogen and oxygen atoms in total. The molecule has 0 saturated carbocycles. The lowest BCUT2D eigenvalue weighted by Crippen LogP contribution is -2.15. The van der Waals surface area contributed by atoms with Crippen LogP contribution in [-0.4, -0.2) is 16.9 Å². The third-order valence-electron chi connectivity index (χ3n) is 1.91. The quantitative estimate of drug-likeness (QED) is 0.764. The maximum Gasteiger partial charge on any atom is 0.248 e. The number of amides is 1. The molecule has 0 atom stereocenters. The molecule has 0 radical (unpaired) electrons. The number of hydrogen-bond acceptors (Lipinski definition) is 3. The average Bonchev–Trinajstić information content (AvgIpc) is 2.21. The van der Waals surface area contributed by atoms with Crippen LogP contribution in [0.4, 0.5) is 11.5 Å². The Kier molecular flexibility index (Phi) is 4.05. The molecule has 0 fully saturated rings. The minimum Gasteiger partial charge on any atom is -0.380 e. The fourth-order valence-electron chi connectivity index (χ4n) is 1.25. The number of hydrogen-bond donors (Lipinski definition) is 2. The van der Waals surface area contributed by atoms with Crippen LogP contribution in [0.3, 0.4) is 0 Å². The SMILES string of the molecule is C=CC(=O)Nc1nc(C)ccc1NC(C)C. The second kappa shape index (κ2) is 5.30. The van der Waals surface area contributed by atoms with E-state index in [0.29, 0.717) is 5.82 Å². The zero-order chi connectivity index (χ0) is 12.1. The Balaban J connectivity index is 2.97. The molecular formula is C12H17N3O. The Labute approximate surface area is 95.8 Å². The number of pyridine rings is 1. The standard InChI is InChI=1S/C12H17N3O/c1-5-11(16)15-12-10(13-8(2)3)7-6-9(4)14-12/h5-8,13H,1H2,2-4H3,(H,14,15,16). The maximum absolute atomic E-state index is 11.2. The van der Waals surface area contributed by atoms with Crippen molar-refractivity contribution in [3.8, 4) is 0 Å². The third kappa shape index (κ3) is 3.38. The Morgan fingerprint density at radius 2 is 2.19 bits per heavy atom. The van der Waals surface area contributed by atoms with Crippen LogP contribution in [0.5, 0.6) is 0 Å². The first-order valence-corrected chi connectivity index (χ1v) is 5.20. The van der Waals surface area contributed by atoms with E-state index >= 15 is 0 Å². The molecule has 1 amide bonds. The van der Waals surface area contributed by atoms with Gasteiger partial charge < -0.3 is 10.6 Å². The molecule has 16 heavy (non-hydrogen) atoms. The number of aromatic nitrogens is 1. The Hall–Kier alpha value is -1.84. The van der Waals surface area contributed by atoms with E-state index in [0.717, 1.165) is 11.4 Å². The molecule has 1 aromatic heterocycles. The van der Waals surface area contributed by atoms with Crippen molar-refractivity contribution in [2.45, 2.75) is 26.8 Å². The monoisotopic (exact) mass is 219 g/mol. The van der Waals surface area contributed by atoms with Crippen molar-refractivity contribution in [3.63, 3.8) is 0 Å². The van der Waals surface area contributed by atoms with Crippen LogP contribution >= 0.6 is 0 Å². The number of nitrogens with zero attached hydrogens (tertiary/aromatic N) is 1. The second-order valence-corrected chi connectivity index (χ2v) is 3.84. The average molecular weight is 219 g/mol. The summed E-state index contributed by atoms with van der Waals surface area (Å²) in [5.41, 5.74) is 1.67. The van der Waals surface area contributed by atoms with Gasteiger partial charge in [-0.1, -0.05) is 6.58 Å². The number of carbonyl (C=O) groups excluding carboxylic acids is 1. The first-order chi connectivity index (χ1) is 7.52. The van der Waals surface area contributed by atoms with Crippen molar-refractivity contribution in [3.05, 3.63) is 30.5 Å². The zero-order valence-electron chi connectivity index (χ0n) is 9.87. The van der Waals surface area contributed by atoms with Crippen LogP contribution in [0.25, 0.3) is 0 Å². The van der Waals surface area contributed by atoms with E-state index in [-0.39, 0.29) is 11.9 Å². The topological polar surface area (TPSA) is 54.0 Å². The van der Waals surface area contributed by atoms with Crippen LogP contribution in [-0.2, 0) is 4.79 Å². The van der Waals surface area contributed by atoms with E-state index in [1.807, 2.05) is 32.9 Å². The van der Waals surface area contributed by atoms with E-state index in [1.165, 1.54) is 6.08 Å². The van der Waals surface area contributed by atoms with Crippen LogP contribution in [0, 0.1) is 6.92 Å². The van der Waals surface area contributed by atoms with Gasteiger partial charge in [-0.25, -0.2) is 4.98 Å². The highest BCUT2D eigenvalue weighted by molar-refractivity contribution is 6.00. The molecule has 0 aliphatic heterocycles. The van der Waals surface area contributed by atoms with Gasteiger partial charge in [0.2, 0.25) is 5.91 Å². The first kappa shape index (κ1) is 12.2. The summed E-state index contributed by atoms with van der Waals surface area (Å²) in [5.74, 6) is 0.281. The Morgan fingerprint density at radius 1 is 1.50 bits per heavy atom. The van der Waals surface area contributed by atoms with Crippen LogP contribution in [0.2, 0.25) is 0 Å². The molecular weight excluding hydrogens is 202 g/mol. The van der Waals surface area contributed by atoms with Gasteiger partial charge in [0.1, 0.15) is 0 Å². The van der Waals surface area contributed by atoms with E-state index in [2.05, 4.69) is 22.2 Å². The minimum atomic E-state index is -0.259. The molecule has 4 heteroatoms. The molecule has 1 heterocycles. The van der Waals surface area contributed by atoms with Gasteiger partial charge in [-0.3, -0.25) is 4.79 Å². The van der Waals surface area contributed by atoms with E-state index in [1.54, 1.807) is 0 Å². The molecule has 0 bridgehead atoms. The summed E-state index contributed by atoms with van der Waals surface area (Å²) in [7, 11) is 0. The number of nitrogens with one attached hydrogen (secondary N) is 2. The first-order valence-electron chi connectivity index (χ1n) is 5.20. The fourth-order valence-corrected chi connectivity index (χ4v) is 1.25. The summed E-state index contributed by atoms with van der Waals surface area (Å²) in [6, 6.07) is 4.08. The van der Waals surface area contributed by atoms with Crippen molar-refractivity contribution < 1.29 is 4.79 Å². The van der Waals surface area contributed by atoms with Crippen LogP contribution < -0.4 is 10.6 Å². The van der Waals surface area contributed by atoms with Gasteiger partial charge in [0.05, 0.1) is 5.69 Å². The molecule has 86 valence electrons. The summed E-state index contributed by atoms with van der Waals surface area (Å²) in [6.45, 7) is 9.34. The molecule has 0 saturated heterocycles. The van der Waals surface area contributed by atoms with Gasteiger partial charge in [0, 0.05) is 11.7 Å². The Bertz CT molecular complexity index is 399. The van der Waals surface area contributed by atoms with Crippen molar-refractivity contribution in [1.29, 1.82) is 0 Å². The third-order valence-corrected chi connectivity index (χ3v) is 1.91. The predicted octanol–water partition coefficient (Wildman–Crippen LogP) is 2.33. The van der Waals surface area contributed by atoms with Gasteiger partial charge >= 0.3 is 0 Å². The molecule has 0 unspecified atom stereocenters. The van der Waals surface area contributed by atoms with Crippen molar-refractivity contribution >= 4 is 17.4 Å². The number of aryl methyl sites for hydroxylation is 1. The Morgan fingerprint density at radius 3 is 2.75 bits per heavy atom. The molecule has 2 N–H and O–H groups in total. The van der Waals surface area contributed by atoms with E-state index in [4.69, 9.17) is 0 Å². The van der Waals surface area contributed by atoms with Crippen LogP contribution in [0.1, 0.15) is 19.5 Å². The van der Waals surface area contributed by atoms with Gasteiger partial charge in [-0.15, -0.1) is 0 Å². The van der Waals surface area contributed by atoms with Gasteiger partial charge in [0.25, 0.3) is 0 Å². The zero-order valence-corrected chi connectivity index (χ0v) is 9.87. The van der Waals surface area contributed by atoms with Crippen molar-refractivity contribution in [2.75, 3.05) is 10.6 Å². The molecule has 0 aliphatic carbocycles. The van der Waals surface area contributed by atoms with Gasteiger partial charge in [-0.05, 0) is 39.0 Å². The number of anilines is 2. The summed E-state index contributed by atoms with van der Waals surface area (Å²) in [4.78, 5) is 15.5. The molecule has 1 aromatic rings. The highest BCUT2D eigenvalue weighted by Gasteiger charge is 2.07. The predicted molar refractivity (Wildman–Crippen MR) is 66.6 cm³/mol. The van der Waals surface area contributed by atoms with Gasteiger partial charge in [-0.2, -0.15) is 0 Å². The van der Waals surface area contributed by atoms with Gasteiger partial charge in [0.15, 0.2) is 5.82 Å². The second-order valence-electron chi connectivity index (χ2n) is 3.84. The summed E-state index contributed by atoms with van der Waals surface area (Å²) >= 11 is 0. The molecule has 1 rings (SSSR count). The highest BCUT2D eigenvalue weighted by Crippen LogP contribution is 2.20. The lowest BCUT2D eigenvalue weighted by atomic mass is 10.3.